The molecule has 1 aliphatic heterocycles. The van der Waals surface area contributed by atoms with Crippen molar-refractivity contribution in [1.29, 1.82) is 0 Å². The summed E-state index contributed by atoms with van der Waals surface area (Å²) in [6.45, 7) is 0. The fraction of sp³-hybridized carbons (Fsp3) is 0. The van der Waals surface area contributed by atoms with Crippen molar-refractivity contribution in [3.8, 4) is 0 Å². The normalized spacial score (nSPS) is 17.6. The summed E-state index contributed by atoms with van der Waals surface area (Å²) in [5.74, 6) is 0. The summed E-state index contributed by atoms with van der Waals surface area (Å²) in [6.07, 6.45) is 2.14. The van der Waals surface area contributed by atoms with Crippen molar-refractivity contribution in [3.63, 3.8) is 0 Å². The van der Waals surface area contributed by atoms with Crippen LogP contribution >= 0.6 is 8.85 Å². The fourth-order valence-electron chi connectivity index (χ4n) is 0.176. The van der Waals surface area contributed by atoms with Gasteiger partial charge in [-0.1, -0.05) is 0 Å². The predicted octanol–water partition coefficient (Wildman–Crippen LogP) is 0.668. The van der Waals surface area contributed by atoms with Crippen LogP contribution < -0.4 is 0 Å². The van der Waals surface area contributed by atoms with Crippen LogP contribution in [-0.2, 0) is 0 Å². The first-order valence-electron chi connectivity index (χ1n) is 1.34. The van der Waals surface area contributed by atoms with Gasteiger partial charge in [0.15, 0.2) is 0 Å². The van der Waals surface area contributed by atoms with E-state index in [-0.39, 0.29) is 19.7 Å². The first-order chi connectivity index (χ1) is 2.50. The van der Waals surface area contributed by atoms with Crippen molar-refractivity contribution in [1.82, 2.24) is 0 Å². The van der Waals surface area contributed by atoms with E-state index in [0.29, 0.717) is 0 Å². The van der Waals surface area contributed by atoms with Crippen molar-refractivity contribution in [2.24, 2.45) is 0 Å². The standard InChI is InChI=1S/C3H4S.Sb/c1-2-3-4;/h1-4H;/q;+1/p-1. The van der Waals surface area contributed by atoms with Crippen LogP contribution in [0.3, 0.4) is 0 Å². The van der Waals surface area contributed by atoms with Gasteiger partial charge in [0.25, 0.3) is 0 Å². The molecule has 0 saturated heterocycles. The van der Waals surface area contributed by atoms with Crippen molar-refractivity contribution in [2.45, 2.75) is 0 Å². The molecule has 26 valence electrons. The molecule has 0 aliphatic carbocycles. The molecule has 1 heterocycles. The molecule has 0 aromatic carbocycles. The molecule has 0 aromatic heterocycles. The molecule has 1 rings (SSSR count). The molecule has 0 radical (unpaired) electrons. The number of hydrogen-bond donors (Lipinski definition) is 0. The Hall–Kier alpha value is 0.778. The van der Waals surface area contributed by atoms with Crippen LogP contribution in [-0.4, -0.2) is 23.7 Å². The van der Waals surface area contributed by atoms with Gasteiger partial charge in [0.1, 0.15) is 0 Å². The van der Waals surface area contributed by atoms with Gasteiger partial charge in [0, 0.05) is 0 Å². The zero-order chi connectivity index (χ0) is 3.54. The van der Waals surface area contributed by atoms with Gasteiger partial charge in [0.05, 0.1) is 0 Å². The minimum atomic E-state index is 0.147. The summed E-state index contributed by atoms with van der Waals surface area (Å²) in [5.41, 5.74) is 0. The Balaban J connectivity index is 2.61. The Kier molecular flexibility index (Phi) is 1.61. The average Bonchev–Trinajstić information content (AvgIpc) is 1.76. The summed E-state index contributed by atoms with van der Waals surface area (Å²) in [5, 5.41) is 2.16. The third-order valence-electron chi connectivity index (χ3n) is 0.347. The number of hydrogen-bond acceptors (Lipinski definition) is 1. The van der Waals surface area contributed by atoms with E-state index >= 15 is 0 Å². The molecule has 0 bridgehead atoms. The first-order valence-corrected chi connectivity index (χ1v) is 6.78. The molecule has 0 nitrogen and oxygen atoms in total. The fourth-order valence-corrected chi connectivity index (χ4v) is 3.54. The van der Waals surface area contributed by atoms with E-state index in [4.69, 9.17) is 0 Å². The first kappa shape index (κ1) is 3.95. The van der Waals surface area contributed by atoms with Gasteiger partial charge in [-0.2, -0.15) is 0 Å². The SMILES string of the molecule is C1=C[S][Sb]=[CH]1. The van der Waals surface area contributed by atoms with E-state index in [1.54, 1.807) is 0 Å². The van der Waals surface area contributed by atoms with Crippen molar-refractivity contribution >= 4 is 32.5 Å². The van der Waals surface area contributed by atoms with Crippen LogP contribution in [0.1, 0.15) is 0 Å². The van der Waals surface area contributed by atoms with Crippen molar-refractivity contribution < 1.29 is 0 Å². The molecule has 1 aliphatic rings. The Morgan fingerprint density at radius 3 is 2.80 bits per heavy atom. The second kappa shape index (κ2) is 2.04. The van der Waals surface area contributed by atoms with Gasteiger partial charge in [-0.15, -0.1) is 0 Å². The summed E-state index contributed by atoms with van der Waals surface area (Å²) in [7, 11) is 1.99. The van der Waals surface area contributed by atoms with Crippen LogP contribution in [0.5, 0.6) is 0 Å². The second-order valence-corrected chi connectivity index (χ2v) is 5.84. The molecular formula is C3H3SSb. The van der Waals surface area contributed by atoms with Crippen molar-refractivity contribution in [3.05, 3.63) is 11.5 Å². The Labute approximate surface area is 44.1 Å². The number of rotatable bonds is 0. The van der Waals surface area contributed by atoms with Crippen LogP contribution in [0.4, 0.5) is 0 Å². The van der Waals surface area contributed by atoms with E-state index < -0.39 is 0 Å². The topological polar surface area (TPSA) is 0 Å². The van der Waals surface area contributed by atoms with E-state index in [1.165, 1.54) is 0 Å². The molecule has 2 heteroatoms. The van der Waals surface area contributed by atoms with Crippen molar-refractivity contribution in [2.75, 3.05) is 0 Å². The molecule has 0 amide bonds. The second-order valence-electron chi connectivity index (χ2n) is 0.688. The molecule has 0 atom stereocenters. The number of allylic oxidation sites excluding steroid dienone is 1. The van der Waals surface area contributed by atoms with E-state index in [0.717, 1.165) is 0 Å². The van der Waals surface area contributed by atoms with Gasteiger partial charge in [-0.3, -0.25) is 0 Å². The van der Waals surface area contributed by atoms with Gasteiger partial charge in [-0.05, 0) is 0 Å². The van der Waals surface area contributed by atoms with Gasteiger partial charge in [0.2, 0.25) is 0 Å². The van der Waals surface area contributed by atoms with Gasteiger partial charge >= 0.3 is 44.0 Å². The average molecular weight is 193 g/mol. The third kappa shape index (κ3) is 1.10. The molecular weight excluding hydrogens is 190 g/mol. The van der Waals surface area contributed by atoms with Crippen LogP contribution in [0, 0.1) is 0 Å². The summed E-state index contributed by atoms with van der Waals surface area (Å²) in [6, 6.07) is 0. The Morgan fingerprint density at radius 1 is 1.60 bits per heavy atom. The van der Waals surface area contributed by atoms with Crippen LogP contribution in [0.15, 0.2) is 11.5 Å². The van der Waals surface area contributed by atoms with E-state index in [9.17, 15) is 0 Å². The maximum atomic E-state index is 2.29. The maximum absolute atomic E-state index is 2.29. The Morgan fingerprint density at radius 2 is 2.60 bits per heavy atom. The molecule has 0 spiro atoms. The van der Waals surface area contributed by atoms with Crippen LogP contribution in [0.25, 0.3) is 0 Å². The monoisotopic (exact) mass is 192 g/mol. The van der Waals surface area contributed by atoms with E-state index in [1.807, 2.05) is 8.85 Å². The third-order valence-corrected chi connectivity index (χ3v) is 4.49. The molecule has 5 heavy (non-hydrogen) atoms. The molecule has 0 saturated carbocycles. The van der Waals surface area contributed by atoms with Gasteiger partial charge < -0.3 is 0 Å². The predicted molar refractivity (Wildman–Crippen MR) is 28.5 cm³/mol. The Bertz CT molecular complexity index is 65.0. The zero-order valence-corrected chi connectivity index (χ0v) is 5.96. The molecule has 0 unspecified atom stereocenters. The van der Waals surface area contributed by atoms with E-state index in [2.05, 4.69) is 15.4 Å². The quantitative estimate of drug-likeness (QED) is 0.509. The summed E-state index contributed by atoms with van der Waals surface area (Å²) in [4.78, 5) is 0. The summed E-state index contributed by atoms with van der Waals surface area (Å²) < 4.78 is 2.29. The molecule has 0 fully saturated rings. The molecule has 0 N–H and O–H groups in total. The molecule has 0 aromatic rings. The zero-order valence-electron chi connectivity index (χ0n) is 2.59. The van der Waals surface area contributed by atoms with Crippen LogP contribution in [0.2, 0.25) is 0 Å². The van der Waals surface area contributed by atoms with Gasteiger partial charge in [-0.25, -0.2) is 0 Å². The minimum absolute atomic E-state index is 0.147. The summed E-state index contributed by atoms with van der Waals surface area (Å²) >= 11 is 0.147.